The third kappa shape index (κ3) is 3.25. The summed E-state index contributed by atoms with van der Waals surface area (Å²) in [4.78, 5) is 12.1. The number of carbonyl (C=O) groups is 1. The summed E-state index contributed by atoms with van der Waals surface area (Å²) >= 11 is 0. The van der Waals surface area contributed by atoms with E-state index in [4.69, 9.17) is 9.47 Å². The topological polar surface area (TPSA) is 59.9 Å². The van der Waals surface area contributed by atoms with Gasteiger partial charge in [-0.25, -0.2) is 5.43 Å². The molecule has 1 amide bonds. The maximum Gasteiger partial charge on any atom is 0.271 e. The molecular formula is C17H16N2O3. The van der Waals surface area contributed by atoms with Crippen LogP contribution >= 0.6 is 0 Å². The first-order valence-electron chi connectivity index (χ1n) is 6.99. The fraction of sp³-hybridized carbons (Fsp3) is 0.176. The molecule has 22 heavy (non-hydrogen) atoms. The molecule has 0 spiro atoms. The molecule has 0 aromatic heterocycles. The number of hydrogen-bond donors (Lipinski definition) is 1. The molecule has 1 heterocycles. The van der Waals surface area contributed by atoms with Crippen molar-refractivity contribution in [2.24, 2.45) is 5.10 Å². The maximum atomic E-state index is 12.1. The highest BCUT2D eigenvalue weighted by atomic mass is 16.7. The minimum absolute atomic E-state index is 0.189. The molecule has 2 aromatic rings. The Morgan fingerprint density at radius 2 is 1.91 bits per heavy atom. The zero-order valence-electron chi connectivity index (χ0n) is 12.2. The number of nitrogens with one attached hydrogen (secondary N) is 1. The second-order valence-corrected chi connectivity index (χ2v) is 5.02. The zero-order valence-corrected chi connectivity index (χ0v) is 12.2. The minimum atomic E-state index is -0.272. The van der Waals surface area contributed by atoms with Gasteiger partial charge in [-0.3, -0.25) is 4.79 Å². The van der Waals surface area contributed by atoms with Crippen molar-refractivity contribution >= 4 is 11.6 Å². The van der Waals surface area contributed by atoms with Crippen molar-refractivity contribution in [1.29, 1.82) is 0 Å². The Kier molecular flexibility index (Phi) is 4.05. The van der Waals surface area contributed by atoms with E-state index in [0.717, 1.165) is 11.3 Å². The Labute approximate surface area is 128 Å². The highest BCUT2D eigenvalue weighted by molar-refractivity contribution is 5.96. The number of ether oxygens (including phenoxy) is 2. The van der Waals surface area contributed by atoms with E-state index in [1.165, 1.54) is 0 Å². The largest absolute Gasteiger partial charge is 0.454 e. The summed E-state index contributed by atoms with van der Waals surface area (Å²) < 4.78 is 10.5. The van der Waals surface area contributed by atoms with Crippen LogP contribution in [0.2, 0.25) is 0 Å². The molecule has 5 nitrogen and oxygen atoms in total. The monoisotopic (exact) mass is 296 g/mol. The maximum absolute atomic E-state index is 12.1. The summed E-state index contributed by atoms with van der Waals surface area (Å²) in [5, 5.41) is 4.13. The van der Waals surface area contributed by atoms with Crippen molar-refractivity contribution in [2.75, 3.05) is 6.79 Å². The normalized spacial score (nSPS) is 13.0. The zero-order chi connectivity index (χ0) is 15.4. The number of hydrazone groups is 1. The summed E-state index contributed by atoms with van der Waals surface area (Å²) in [6.07, 6.45) is 0.697. The lowest BCUT2D eigenvalue weighted by Gasteiger charge is -2.04. The van der Waals surface area contributed by atoms with Gasteiger partial charge in [0.2, 0.25) is 6.79 Å². The lowest BCUT2D eigenvalue weighted by molar-refractivity contribution is 0.0954. The first-order valence-corrected chi connectivity index (χ1v) is 6.99. The van der Waals surface area contributed by atoms with Gasteiger partial charge in [0.05, 0.1) is 0 Å². The smallest absolute Gasteiger partial charge is 0.271 e. The number of hydrogen-bond acceptors (Lipinski definition) is 4. The van der Waals surface area contributed by atoms with Crippen LogP contribution in [-0.4, -0.2) is 18.4 Å². The average molecular weight is 296 g/mol. The Hall–Kier alpha value is -2.82. The highest BCUT2D eigenvalue weighted by Gasteiger charge is 2.15. The second kappa shape index (κ2) is 6.30. The van der Waals surface area contributed by atoms with Crippen molar-refractivity contribution in [3.63, 3.8) is 0 Å². The standard InChI is InChI=1S/C17H16N2O3/c1-12(9-13-5-3-2-4-6-13)18-19-17(20)14-7-8-15-16(10-14)22-11-21-15/h2-8,10H,9,11H2,1H3,(H,19,20)/b18-12+. The summed E-state index contributed by atoms with van der Waals surface area (Å²) in [6, 6.07) is 15.0. The Morgan fingerprint density at radius 3 is 2.73 bits per heavy atom. The highest BCUT2D eigenvalue weighted by Crippen LogP contribution is 2.32. The van der Waals surface area contributed by atoms with Crippen molar-refractivity contribution in [1.82, 2.24) is 5.43 Å². The predicted molar refractivity (Wildman–Crippen MR) is 83.3 cm³/mol. The molecule has 0 saturated heterocycles. The van der Waals surface area contributed by atoms with Gasteiger partial charge < -0.3 is 9.47 Å². The van der Waals surface area contributed by atoms with Crippen LogP contribution in [0.5, 0.6) is 11.5 Å². The van der Waals surface area contributed by atoms with Gasteiger partial charge >= 0.3 is 0 Å². The quantitative estimate of drug-likeness (QED) is 0.697. The number of nitrogens with zero attached hydrogens (tertiary/aromatic N) is 1. The van der Waals surface area contributed by atoms with E-state index in [1.807, 2.05) is 37.3 Å². The molecule has 0 unspecified atom stereocenters. The molecule has 0 atom stereocenters. The van der Waals surface area contributed by atoms with Crippen molar-refractivity contribution in [2.45, 2.75) is 13.3 Å². The number of carbonyl (C=O) groups excluding carboxylic acids is 1. The summed E-state index contributed by atoms with van der Waals surface area (Å²) in [7, 11) is 0. The fourth-order valence-electron chi connectivity index (χ4n) is 2.18. The van der Waals surface area contributed by atoms with Gasteiger partial charge in [0, 0.05) is 17.7 Å². The molecule has 5 heteroatoms. The van der Waals surface area contributed by atoms with E-state index in [-0.39, 0.29) is 12.7 Å². The molecular weight excluding hydrogens is 280 g/mol. The van der Waals surface area contributed by atoms with Crippen LogP contribution in [0.25, 0.3) is 0 Å². The van der Waals surface area contributed by atoms with Gasteiger partial charge in [0.15, 0.2) is 11.5 Å². The van der Waals surface area contributed by atoms with E-state index >= 15 is 0 Å². The van der Waals surface area contributed by atoms with Crippen molar-refractivity contribution < 1.29 is 14.3 Å². The lowest BCUT2D eigenvalue weighted by Crippen LogP contribution is -2.19. The third-order valence-corrected chi connectivity index (χ3v) is 3.29. The molecule has 112 valence electrons. The summed E-state index contributed by atoms with van der Waals surface area (Å²) in [5.41, 5.74) is 5.04. The fourth-order valence-corrected chi connectivity index (χ4v) is 2.18. The van der Waals surface area contributed by atoms with E-state index in [2.05, 4.69) is 10.5 Å². The first-order chi connectivity index (χ1) is 10.7. The molecule has 0 bridgehead atoms. The van der Waals surface area contributed by atoms with Crippen LogP contribution in [0.3, 0.4) is 0 Å². The van der Waals surface area contributed by atoms with Crippen LogP contribution in [0, 0.1) is 0 Å². The number of rotatable bonds is 4. The van der Waals surface area contributed by atoms with E-state index < -0.39 is 0 Å². The molecule has 3 rings (SSSR count). The molecule has 0 radical (unpaired) electrons. The van der Waals surface area contributed by atoms with Crippen LogP contribution in [0.4, 0.5) is 0 Å². The molecule has 1 N–H and O–H groups in total. The van der Waals surface area contributed by atoms with E-state index in [1.54, 1.807) is 18.2 Å². The lowest BCUT2D eigenvalue weighted by atomic mass is 10.1. The van der Waals surface area contributed by atoms with E-state index in [0.29, 0.717) is 23.5 Å². The van der Waals surface area contributed by atoms with E-state index in [9.17, 15) is 4.79 Å². The molecule has 1 aliphatic rings. The molecule has 2 aromatic carbocycles. The number of benzene rings is 2. The van der Waals surface area contributed by atoms with Gasteiger partial charge in [-0.05, 0) is 30.7 Å². The van der Waals surface area contributed by atoms with Crippen molar-refractivity contribution in [3.05, 3.63) is 59.7 Å². The molecule has 0 saturated carbocycles. The average Bonchev–Trinajstić information content (AvgIpc) is 3.01. The Balaban J connectivity index is 1.63. The molecule has 0 fully saturated rings. The molecule has 0 aliphatic carbocycles. The number of fused-ring (bicyclic) bond motifs is 1. The summed E-state index contributed by atoms with van der Waals surface area (Å²) in [5.74, 6) is 0.962. The number of amides is 1. The van der Waals surface area contributed by atoms with Crippen LogP contribution in [-0.2, 0) is 6.42 Å². The SMILES string of the molecule is C/C(Cc1ccccc1)=N\NC(=O)c1ccc2c(c1)OCO2. The summed E-state index contributed by atoms with van der Waals surface area (Å²) in [6.45, 7) is 2.07. The third-order valence-electron chi connectivity index (χ3n) is 3.29. The predicted octanol–water partition coefficient (Wildman–Crippen LogP) is 2.76. The second-order valence-electron chi connectivity index (χ2n) is 5.02. The Bertz CT molecular complexity index is 711. The Morgan fingerprint density at radius 1 is 1.14 bits per heavy atom. The van der Waals surface area contributed by atoms with Gasteiger partial charge in [-0.2, -0.15) is 5.10 Å². The molecule has 1 aliphatic heterocycles. The van der Waals surface area contributed by atoms with Crippen LogP contribution in [0.1, 0.15) is 22.8 Å². The van der Waals surface area contributed by atoms with Crippen molar-refractivity contribution in [3.8, 4) is 11.5 Å². The van der Waals surface area contributed by atoms with Gasteiger partial charge in [0.1, 0.15) is 0 Å². The van der Waals surface area contributed by atoms with Gasteiger partial charge in [-0.1, -0.05) is 30.3 Å². The van der Waals surface area contributed by atoms with Crippen LogP contribution < -0.4 is 14.9 Å². The van der Waals surface area contributed by atoms with Gasteiger partial charge in [-0.15, -0.1) is 0 Å². The minimum Gasteiger partial charge on any atom is -0.454 e. The van der Waals surface area contributed by atoms with Crippen LogP contribution in [0.15, 0.2) is 53.6 Å². The van der Waals surface area contributed by atoms with Gasteiger partial charge in [0.25, 0.3) is 5.91 Å². The first kappa shape index (κ1) is 14.1.